The zero-order valence-corrected chi connectivity index (χ0v) is 33.5. The SMILES string of the molecule is CC[C@@H](C)CN(CCCNC(=O)CCCCCCCCCCCNCCC(C)=O)C(C)C(O)[C@@](C)(COC(=O)C(C)[C@@H](O)C[C@@H](O)[C@H](C)O)OC. The molecule has 0 aromatic heterocycles. The summed E-state index contributed by atoms with van der Waals surface area (Å²) in [5.74, 6) is -0.953. The summed E-state index contributed by atoms with van der Waals surface area (Å²) in [7, 11) is 1.46. The number of aliphatic hydroxyl groups is 4. The Morgan fingerprint density at radius 2 is 1.37 bits per heavy atom. The average molecular weight is 732 g/mol. The molecule has 0 aliphatic carbocycles. The van der Waals surface area contributed by atoms with Crippen LogP contribution in [0.1, 0.15) is 138 Å². The minimum absolute atomic E-state index is 0.0713. The summed E-state index contributed by atoms with van der Waals surface area (Å²) >= 11 is 0. The van der Waals surface area contributed by atoms with E-state index in [4.69, 9.17) is 9.47 Å². The summed E-state index contributed by atoms with van der Waals surface area (Å²) in [6.45, 7) is 15.9. The van der Waals surface area contributed by atoms with Crippen molar-refractivity contribution in [2.45, 2.75) is 174 Å². The summed E-state index contributed by atoms with van der Waals surface area (Å²) in [6.07, 6.45) is 8.65. The van der Waals surface area contributed by atoms with Crippen molar-refractivity contribution in [3.63, 3.8) is 0 Å². The van der Waals surface area contributed by atoms with Crippen molar-refractivity contribution in [1.29, 1.82) is 0 Å². The van der Waals surface area contributed by atoms with Gasteiger partial charge in [0.05, 0.1) is 24.2 Å². The Hall–Kier alpha value is -1.67. The van der Waals surface area contributed by atoms with Crippen LogP contribution in [0.4, 0.5) is 0 Å². The molecule has 0 aromatic rings. The Kier molecular flexibility index (Phi) is 27.8. The topological polar surface area (TPSA) is 178 Å². The first-order chi connectivity index (χ1) is 24.1. The van der Waals surface area contributed by atoms with E-state index >= 15 is 0 Å². The highest BCUT2D eigenvalue weighted by atomic mass is 16.6. The van der Waals surface area contributed by atoms with E-state index in [1.54, 1.807) is 13.8 Å². The standard InChI is InChI=1S/C39H77N3O9/c1-9-29(2)27-42(32(5)37(48)39(7,50-8)28-51-38(49)31(4)34(45)26-35(46)33(6)44)25-19-23-41-36(47)20-17-15-13-11-10-12-14-16-18-22-40-24-21-30(3)43/h29,31-35,37,40,44-46,48H,9-28H2,1-8H3,(H,41,47)/t29-,31?,32?,33+,34+,35-,37?,39-/m1/s1. The van der Waals surface area contributed by atoms with Gasteiger partial charge in [-0.2, -0.15) is 0 Å². The second kappa shape index (κ2) is 28.8. The van der Waals surface area contributed by atoms with Gasteiger partial charge >= 0.3 is 5.97 Å². The zero-order chi connectivity index (χ0) is 38.8. The van der Waals surface area contributed by atoms with E-state index in [1.807, 2.05) is 6.92 Å². The van der Waals surface area contributed by atoms with Crippen LogP contribution < -0.4 is 10.6 Å². The number of amides is 1. The van der Waals surface area contributed by atoms with Gasteiger partial charge in [0.15, 0.2) is 0 Å². The number of rotatable bonds is 33. The van der Waals surface area contributed by atoms with E-state index in [0.717, 1.165) is 58.2 Å². The van der Waals surface area contributed by atoms with Gasteiger partial charge < -0.3 is 40.5 Å². The predicted molar refractivity (Wildman–Crippen MR) is 202 cm³/mol. The van der Waals surface area contributed by atoms with E-state index in [2.05, 4.69) is 29.4 Å². The van der Waals surface area contributed by atoms with Crippen LogP contribution in [0.25, 0.3) is 0 Å². The molecule has 1 amide bonds. The Morgan fingerprint density at radius 3 is 1.92 bits per heavy atom. The third kappa shape index (κ3) is 22.9. The monoisotopic (exact) mass is 732 g/mol. The lowest BCUT2D eigenvalue weighted by atomic mass is 9.92. The number of hydrogen-bond donors (Lipinski definition) is 6. The van der Waals surface area contributed by atoms with Crippen LogP contribution in [-0.4, -0.2) is 125 Å². The average Bonchev–Trinajstić information content (AvgIpc) is 3.10. The summed E-state index contributed by atoms with van der Waals surface area (Å²) in [5, 5.41) is 47.6. The van der Waals surface area contributed by atoms with Crippen LogP contribution >= 0.6 is 0 Å². The highest BCUT2D eigenvalue weighted by Gasteiger charge is 2.41. The van der Waals surface area contributed by atoms with Gasteiger partial charge in [0.1, 0.15) is 24.1 Å². The van der Waals surface area contributed by atoms with E-state index in [1.165, 1.54) is 53.1 Å². The fraction of sp³-hybridized carbons (Fsp3) is 0.923. The number of unbranched alkanes of at least 4 members (excludes halogenated alkanes) is 8. The molecule has 12 heteroatoms. The zero-order valence-electron chi connectivity index (χ0n) is 33.5. The quantitative estimate of drug-likeness (QED) is 0.0423. The van der Waals surface area contributed by atoms with Crippen molar-refractivity contribution in [3.8, 4) is 0 Å². The van der Waals surface area contributed by atoms with Gasteiger partial charge in [-0.3, -0.25) is 19.3 Å². The molecule has 51 heavy (non-hydrogen) atoms. The van der Waals surface area contributed by atoms with Crippen LogP contribution in [0.15, 0.2) is 0 Å². The number of nitrogens with zero attached hydrogens (tertiary/aromatic N) is 1. The third-order valence-corrected chi connectivity index (χ3v) is 10.2. The highest BCUT2D eigenvalue weighted by molar-refractivity contribution is 5.76. The number of hydrogen-bond acceptors (Lipinski definition) is 11. The molecule has 0 bridgehead atoms. The van der Waals surface area contributed by atoms with Gasteiger partial charge in [-0.15, -0.1) is 0 Å². The molecule has 0 rings (SSSR count). The minimum Gasteiger partial charge on any atom is -0.462 e. The second-order valence-electron chi connectivity index (χ2n) is 15.1. The molecule has 8 atom stereocenters. The van der Waals surface area contributed by atoms with Crippen molar-refractivity contribution in [3.05, 3.63) is 0 Å². The van der Waals surface area contributed by atoms with E-state index in [-0.39, 0.29) is 30.8 Å². The minimum atomic E-state index is -1.23. The molecule has 0 spiro atoms. The molecule has 0 radical (unpaired) electrons. The largest absolute Gasteiger partial charge is 0.462 e. The first-order valence-corrected chi connectivity index (χ1v) is 19.7. The Balaban J connectivity index is 4.58. The van der Waals surface area contributed by atoms with Gasteiger partial charge in [-0.05, 0) is 66.3 Å². The lowest BCUT2D eigenvalue weighted by molar-refractivity contribution is -0.176. The predicted octanol–water partition coefficient (Wildman–Crippen LogP) is 4.14. The first kappa shape index (κ1) is 49.3. The third-order valence-electron chi connectivity index (χ3n) is 10.2. The van der Waals surface area contributed by atoms with E-state index < -0.39 is 41.9 Å². The van der Waals surface area contributed by atoms with Crippen LogP contribution in [0.2, 0.25) is 0 Å². The molecule has 302 valence electrons. The normalized spacial score (nSPS) is 17.2. The van der Waals surface area contributed by atoms with Crippen molar-refractivity contribution in [2.24, 2.45) is 11.8 Å². The van der Waals surface area contributed by atoms with E-state index in [0.29, 0.717) is 31.8 Å². The van der Waals surface area contributed by atoms with Crippen LogP contribution in [0.3, 0.4) is 0 Å². The molecule has 0 saturated carbocycles. The molecule has 0 aliphatic rings. The van der Waals surface area contributed by atoms with Crippen molar-refractivity contribution in [1.82, 2.24) is 15.5 Å². The van der Waals surface area contributed by atoms with Gasteiger partial charge in [0, 0.05) is 58.6 Å². The van der Waals surface area contributed by atoms with Crippen molar-refractivity contribution < 1.29 is 44.3 Å². The maximum absolute atomic E-state index is 12.7. The Morgan fingerprint density at radius 1 is 0.784 bits per heavy atom. The molecule has 0 saturated heterocycles. The number of methoxy groups -OCH3 is 1. The van der Waals surface area contributed by atoms with Crippen molar-refractivity contribution >= 4 is 17.7 Å². The smallest absolute Gasteiger partial charge is 0.311 e. The summed E-state index contributed by atoms with van der Waals surface area (Å²) < 4.78 is 11.2. The molecular formula is C39H77N3O9. The number of Topliss-reactive ketones (excluding diaryl/α,β-unsaturated/α-hetero) is 1. The maximum atomic E-state index is 12.7. The maximum Gasteiger partial charge on any atom is 0.311 e. The van der Waals surface area contributed by atoms with Gasteiger partial charge in [0.25, 0.3) is 0 Å². The molecule has 3 unspecified atom stereocenters. The Labute approximate surface area is 309 Å². The number of nitrogens with one attached hydrogen (secondary N) is 2. The Bertz CT molecular complexity index is 924. The summed E-state index contributed by atoms with van der Waals surface area (Å²) in [5.41, 5.74) is -1.23. The highest BCUT2D eigenvalue weighted by Crippen LogP contribution is 2.24. The fourth-order valence-corrected chi connectivity index (χ4v) is 5.88. The number of carbonyl (C=O) groups excluding carboxylic acids is 3. The lowest BCUT2D eigenvalue weighted by Crippen LogP contribution is -2.57. The molecule has 0 aliphatic heterocycles. The number of ether oxygens (including phenoxy) is 2. The number of ketones is 1. The number of esters is 1. The molecule has 0 fully saturated rings. The molecule has 0 aromatic carbocycles. The number of carbonyl (C=O) groups is 3. The van der Waals surface area contributed by atoms with Gasteiger partial charge in [-0.25, -0.2) is 0 Å². The summed E-state index contributed by atoms with van der Waals surface area (Å²) in [4.78, 5) is 38.3. The summed E-state index contributed by atoms with van der Waals surface area (Å²) in [6, 6.07) is -0.344. The van der Waals surface area contributed by atoms with Crippen LogP contribution in [0.5, 0.6) is 0 Å². The second-order valence-corrected chi connectivity index (χ2v) is 15.1. The van der Waals surface area contributed by atoms with Gasteiger partial charge in [-0.1, -0.05) is 65.2 Å². The molecule has 12 nitrogen and oxygen atoms in total. The van der Waals surface area contributed by atoms with Crippen LogP contribution in [0, 0.1) is 11.8 Å². The van der Waals surface area contributed by atoms with E-state index in [9.17, 15) is 34.8 Å². The molecular weight excluding hydrogens is 654 g/mol. The molecule has 6 N–H and O–H groups in total. The molecule has 0 heterocycles. The fourth-order valence-electron chi connectivity index (χ4n) is 5.88. The van der Waals surface area contributed by atoms with Crippen LogP contribution in [-0.2, 0) is 23.9 Å². The first-order valence-electron chi connectivity index (χ1n) is 19.7. The van der Waals surface area contributed by atoms with Gasteiger partial charge in [0.2, 0.25) is 5.91 Å². The lowest BCUT2D eigenvalue weighted by Gasteiger charge is -2.41. The van der Waals surface area contributed by atoms with Crippen molar-refractivity contribution in [2.75, 3.05) is 46.4 Å². The number of aliphatic hydroxyl groups excluding tert-OH is 4.